The van der Waals surface area contributed by atoms with Crippen molar-refractivity contribution in [2.24, 2.45) is 0 Å². The molecular weight excluding hydrogens is 320 g/mol. The number of hydrogen-bond donors (Lipinski definition) is 0. The van der Waals surface area contributed by atoms with Crippen LogP contribution in [0.3, 0.4) is 0 Å². The summed E-state index contributed by atoms with van der Waals surface area (Å²) in [6, 6.07) is 9.85. The first-order valence-corrected chi connectivity index (χ1v) is 6.90. The van der Waals surface area contributed by atoms with Gasteiger partial charge in [-0.15, -0.1) is 0 Å². The lowest BCUT2D eigenvalue weighted by atomic mass is 10.2. The lowest BCUT2D eigenvalue weighted by molar-refractivity contribution is -0.385. The number of para-hydroxylation sites is 1. The second-order valence-corrected chi connectivity index (χ2v) is 4.95. The van der Waals surface area contributed by atoms with Crippen LogP contribution in [0.4, 0.5) is 14.5 Å². The molecule has 0 aliphatic carbocycles. The minimum absolute atomic E-state index is 0.0770. The molecule has 1 heterocycles. The second-order valence-electron chi connectivity index (χ2n) is 4.95. The zero-order valence-electron chi connectivity index (χ0n) is 12.2. The fourth-order valence-corrected chi connectivity index (χ4v) is 2.09. The molecule has 24 heavy (non-hydrogen) atoms. The van der Waals surface area contributed by atoms with Gasteiger partial charge in [0.05, 0.1) is 11.5 Å². The zero-order chi connectivity index (χ0) is 17.1. The molecule has 122 valence electrons. The average Bonchev–Trinajstić information content (AvgIpc) is 3.01. The topological polar surface area (TPSA) is 70.2 Å². The van der Waals surface area contributed by atoms with E-state index >= 15 is 0 Å². The third-order valence-electron chi connectivity index (χ3n) is 3.23. The predicted octanol–water partition coefficient (Wildman–Crippen LogP) is 3.91. The van der Waals surface area contributed by atoms with E-state index in [1.807, 2.05) is 0 Å². The molecule has 0 radical (unpaired) electrons. The summed E-state index contributed by atoms with van der Waals surface area (Å²) >= 11 is 0. The van der Waals surface area contributed by atoms with Crippen LogP contribution < -0.4 is 4.74 Å². The van der Waals surface area contributed by atoms with Gasteiger partial charge in [0.25, 0.3) is 0 Å². The fraction of sp³-hybridized carbons (Fsp3) is 0.0625. The summed E-state index contributed by atoms with van der Waals surface area (Å²) in [5.74, 6) is -1.45. The molecule has 0 aliphatic rings. The van der Waals surface area contributed by atoms with Gasteiger partial charge in [0.15, 0.2) is 23.1 Å². The molecule has 1 aromatic heterocycles. The summed E-state index contributed by atoms with van der Waals surface area (Å²) in [5, 5.41) is 14.4. The van der Waals surface area contributed by atoms with Crippen molar-refractivity contribution < 1.29 is 18.4 Å². The van der Waals surface area contributed by atoms with Crippen LogP contribution in [0.2, 0.25) is 0 Å². The molecule has 0 spiro atoms. The average molecular weight is 331 g/mol. The van der Waals surface area contributed by atoms with E-state index < -0.39 is 16.6 Å². The minimum atomic E-state index is -0.669. The Hall–Kier alpha value is -3.29. The summed E-state index contributed by atoms with van der Waals surface area (Å²) in [4.78, 5) is 10.1. The number of hydrogen-bond acceptors (Lipinski definition) is 4. The summed E-state index contributed by atoms with van der Waals surface area (Å²) in [6.45, 7) is 0.157. The summed E-state index contributed by atoms with van der Waals surface area (Å²) in [6.07, 6.45) is 2.37. The van der Waals surface area contributed by atoms with Crippen LogP contribution in [0.25, 0.3) is 0 Å². The number of ether oxygens (including phenoxy) is 1. The molecule has 8 heteroatoms. The van der Waals surface area contributed by atoms with Gasteiger partial charge in [-0.25, -0.2) is 8.78 Å². The third-order valence-corrected chi connectivity index (χ3v) is 3.23. The van der Waals surface area contributed by atoms with Crippen LogP contribution in [0.5, 0.6) is 11.5 Å². The number of aromatic nitrogens is 2. The summed E-state index contributed by atoms with van der Waals surface area (Å²) in [5.41, 5.74) is 0.390. The number of nitro groups is 1. The Morgan fingerprint density at radius 2 is 1.88 bits per heavy atom. The van der Waals surface area contributed by atoms with Crippen LogP contribution in [0, 0.1) is 21.7 Å². The molecule has 0 bridgehead atoms. The van der Waals surface area contributed by atoms with Gasteiger partial charge in [-0.1, -0.05) is 18.2 Å². The normalized spacial score (nSPS) is 10.6. The fourth-order valence-electron chi connectivity index (χ4n) is 2.09. The minimum Gasteiger partial charge on any atom is -0.451 e. The molecule has 0 amide bonds. The first-order valence-electron chi connectivity index (χ1n) is 6.90. The van der Waals surface area contributed by atoms with E-state index in [4.69, 9.17) is 4.74 Å². The van der Waals surface area contributed by atoms with Crippen LogP contribution in [0.1, 0.15) is 5.56 Å². The summed E-state index contributed by atoms with van der Waals surface area (Å²) in [7, 11) is 0. The van der Waals surface area contributed by atoms with Gasteiger partial charge in [-0.3, -0.25) is 14.8 Å². The Labute approximate surface area is 135 Å². The SMILES string of the molecule is O=[N+]([O-])c1cnn(Cc2ccc(Oc3ccccc3F)c(F)c2)c1. The first kappa shape index (κ1) is 15.6. The maximum Gasteiger partial charge on any atom is 0.307 e. The van der Waals surface area contributed by atoms with Gasteiger partial charge in [0.1, 0.15) is 12.4 Å². The van der Waals surface area contributed by atoms with E-state index in [1.54, 1.807) is 12.1 Å². The largest absolute Gasteiger partial charge is 0.451 e. The van der Waals surface area contributed by atoms with E-state index in [1.165, 1.54) is 41.2 Å². The maximum absolute atomic E-state index is 14.1. The molecule has 6 nitrogen and oxygen atoms in total. The van der Waals surface area contributed by atoms with Gasteiger partial charge >= 0.3 is 5.69 Å². The lowest BCUT2D eigenvalue weighted by Crippen LogP contribution is -2.01. The van der Waals surface area contributed by atoms with Crippen LogP contribution in [0.15, 0.2) is 54.9 Å². The van der Waals surface area contributed by atoms with Crippen LogP contribution in [-0.2, 0) is 6.54 Å². The predicted molar refractivity (Wildman–Crippen MR) is 80.9 cm³/mol. The van der Waals surface area contributed by atoms with Gasteiger partial charge in [-0.05, 0) is 29.8 Å². The number of benzene rings is 2. The van der Waals surface area contributed by atoms with E-state index in [0.29, 0.717) is 5.56 Å². The molecule has 0 unspecified atom stereocenters. The van der Waals surface area contributed by atoms with Crippen molar-refractivity contribution >= 4 is 5.69 Å². The monoisotopic (exact) mass is 331 g/mol. The van der Waals surface area contributed by atoms with Gasteiger partial charge in [0, 0.05) is 0 Å². The molecular formula is C16H11F2N3O3. The third kappa shape index (κ3) is 3.37. The Morgan fingerprint density at radius 1 is 1.12 bits per heavy atom. The van der Waals surface area contributed by atoms with E-state index in [0.717, 1.165) is 6.20 Å². The molecule has 0 atom stereocenters. The Morgan fingerprint density at radius 3 is 2.54 bits per heavy atom. The second kappa shape index (κ2) is 6.45. The Balaban J connectivity index is 1.77. The molecule has 0 N–H and O–H groups in total. The number of nitrogens with zero attached hydrogens (tertiary/aromatic N) is 3. The molecule has 3 rings (SSSR count). The molecule has 0 saturated heterocycles. The molecule has 3 aromatic rings. The van der Waals surface area contributed by atoms with Crippen molar-refractivity contribution in [3.8, 4) is 11.5 Å². The Bertz CT molecular complexity index is 896. The lowest BCUT2D eigenvalue weighted by Gasteiger charge is -2.09. The van der Waals surface area contributed by atoms with Crippen molar-refractivity contribution in [1.29, 1.82) is 0 Å². The van der Waals surface area contributed by atoms with Gasteiger partial charge in [-0.2, -0.15) is 5.10 Å². The van der Waals surface area contributed by atoms with Crippen molar-refractivity contribution in [1.82, 2.24) is 9.78 Å². The first-order chi connectivity index (χ1) is 11.5. The highest BCUT2D eigenvalue weighted by molar-refractivity contribution is 5.35. The molecule has 0 saturated carbocycles. The molecule has 0 aliphatic heterocycles. The molecule has 2 aromatic carbocycles. The molecule has 0 fully saturated rings. The van der Waals surface area contributed by atoms with Crippen molar-refractivity contribution in [2.45, 2.75) is 6.54 Å². The smallest absolute Gasteiger partial charge is 0.307 e. The Kier molecular flexibility index (Phi) is 4.19. The van der Waals surface area contributed by atoms with Crippen LogP contribution in [-0.4, -0.2) is 14.7 Å². The highest BCUT2D eigenvalue weighted by Crippen LogP contribution is 2.27. The maximum atomic E-state index is 14.1. The van der Waals surface area contributed by atoms with Gasteiger partial charge in [0.2, 0.25) is 0 Å². The highest BCUT2D eigenvalue weighted by atomic mass is 19.1. The van der Waals surface area contributed by atoms with E-state index in [9.17, 15) is 18.9 Å². The quantitative estimate of drug-likeness (QED) is 0.525. The number of rotatable bonds is 5. The summed E-state index contributed by atoms with van der Waals surface area (Å²) < 4.78 is 34.2. The van der Waals surface area contributed by atoms with Crippen molar-refractivity contribution in [3.63, 3.8) is 0 Å². The van der Waals surface area contributed by atoms with Crippen molar-refractivity contribution in [2.75, 3.05) is 0 Å². The standard InChI is InChI=1S/C16H11F2N3O3/c17-13-3-1-2-4-15(13)24-16-6-5-11(7-14(16)18)9-20-10-12(8-19-20)21(22)23/h1-8,10H,9H2. The van der Waals surface area contributed by atoms with Gasteiger partial charge < -0.3 is 4.74 Å². The van der Waals surface area contributed by atoms with Crippen LogP contribution >= 0.6 is 0 Å². The zero-order valence-corrected chi connectivity index (χ0v) is 12.2. The van der Waals surface area contributed by atoms with E-state index in [-0.39, 0.29) is 23.7 Å². The number of halogens is 2. The highest BCUT2D eigenvalue weighted by Gasteiger charge is 2.12. The van der Waals surface area contributed by atoms with Crippen molar-refractivity contribution in [3.05, 3.63) is 82.2 Å². The van der Waals surface area contributed by atoms with E-state index in [2.05, 4.69) is 5.10 Å².